The van der Waals surface area contributed by atoms with Crippen LogP contribution in [0, 0.1) is 0 Å². The fraction of sp³-hybridized carbons (Fsp3) is 0.647. The van der Waals surface area contributed by atoms with Gasteiger partial charge in [-0.25, -0.2) is 0 Å². The molecule has 1 fully saturated rings. The van der Waals surface area contributed by atoms with Gasteiger partial charge in [0, 0.05) is 18.6 Å². The molecule has 0 saturated heterocycles. The summed E-state index contributed by atoms with van der Waals surface area (Å²) < 4.78 is 38.4. The first-order valence-corrected chi connectivity index (χ1v) is 7.89. The van der Waals surface area contributed by atoms with Gasteiger partial charge in [0.25, 0.3) is 0 Å². The lowest BCUT2D eigenvalue weighted by molar-refractivity contribution is -0.137. The Labute approximate surface area is 135 Å². The summed E-state index contributed by atoms with van der Waals surface area (Å²) in [5, 5.41) is 13.9. The van der Waals surface area contributed by atoms with Gasteiger partial charge in [0.1, 0.15) is 0 Å². The number of nitrogens with one attached hydrogen (secondary N) is 1. The predicted molar refractivity (Wildman–Crippen MR) is 84.1 cm³/mol. The van der Waals surface area contributed by atoms with Crippen molar-refractivity contribution in [3.8, 4) is 0 Å². The molecular weight excluding hydrogens is 305 g/mol. The van der Waals surface area contributed by atoms with Gasteiger partial charge in [-0.1, -0.05) is 12.1 Å². The zero-order chi connectivity index (χ0) is 17.3. The van der Waals surface area contributed by atoms with Gasteiger partial charge in [-0.15, -0.1) is 0 Å². The van der Waals surface area contributed by atoms with E-state index in [9.17, 15) is 18.3 Å². The monoisotopic (exact) mass is 330 g/mol. The highest BCUT2D eigenvalue weighted by atomic mass is 19.4. The van der Waals surface area contributed by atoms with Gasteiger partial charge in [-0.3, -0.25) is 0 Å². The third-order valence-electron chi connectivity index (χ3n) is 4.68. The first kappa shape index (κ1) is 18.2. The average molecular weight is 330 g/mol. The van der Waals surface area contributed by atoms with Crippen LogP contribution < -0.4 is 5.32 Å². The molecule has 3 atom stereocenters. The summed E-state index contributed by atoms with van der Waals surface area (Å²) in [7, 11) is 4.09. The second-order valence-corrected chi connectivity index (χ2v) is 6.86. The maximum atomic E-state index is 12.8. The van der Waals surface area contributed by atoms with Crippen molar-refractivity contribution in [3.05, 3.63) is 35.4 Å². The molecule has 0 amide bonds. The number of benzene rings is 1. The minimum atomic E-state index is -4.40. The minimum Gasteiger partial charge on any atom is -0.384 e. The van der Waals surface area contributed by atoms with Crippen LogP contribution in [0.3, 0.4) is 0 Å². The van der Waals surface area contributed by atoms with Gasteiger partial charge in [0.05, 0.1) is 11.2 Å². The van der Waals surface area contributed by atoms with Crippen molar-refractivity contribution in [3.63, 3.8) is 0 Å². The number of rotatable bonds is 5. The van der Waals surface area contributed by atoms with Gasteiger partial charge >= 0.3 is 6.18 Å². The summed E-state index contributed by atoms with van der Waals surface area (Å²) in [6.07, 6.45) is -1.30. The molecule has 130 valence electrons. The first-order valence-electron chi connectivity index (χ1n) is 7.89. The molecule has 1 aromatic rings. The fourth-order valence-corrected chi connectivity index (χ4v) is 3.09. The summed E-state index contributed by atoms with van der Waals surface area (Å²) in [5.74, 6) is 0. The third-order valence-corrected chi connectivity index (χ3v) is 4.68. The van der Waals surface area contributed by atoms with E-state index >= 15 is 0 Å². The fourth-order valence-electron chi connectivity index (χ4n) is 3.09. The number of aliphatic hydroxyl groups is 1. The number of halogens is 3. The summed E-state index contributed by atoms with van der Waals surface area (Å²) in [4.78, 5) is 2.19. The highest BCUT2D eigenvalue weighted by Gasteiger charge is 2.33. The van der Waals surface area contributed by atoms with Gasteiger partial charge in [0.15, 0.2) is 0 Å². The van der Waals surface area contributed by atoms with Crippen molar-refractivity contribution in [2.24, 2.45) is 0 Å². The molecule has 0 spiro atoms. The standard InChI is InChI=1S/C17H25F3N2O/c1-16(23,11-21-14-7-8-15(10-14)22(2)3)12-5-4-6-13(9-12)17(18,19)20/h4-6,9,14-15,21,23H,7-8,10-11H2,1-3H3. The maximum absolute atomic E-state index is 12.8. The van der Waals surface area contributed by atoms with Crippen LogP contribution in [0.4, 0.5) is 13.2 Å². The van der Waals surface area contributed by atoms with Crippen LogP contribution in [0.15, 0.2) is 24.3 Å². The first-order chi connectivity index (χ1) is 10.6. The van der Waals surface area contributed by atoms with Crippen LogP contribution in [0.1, 0.15) is 37.3 Å². The van der Waals surface area contributed by atoms with E-state index in [4.69, 9.17) is 0 Å². The molecule has 6 heteroatoms. The molecule has 1 aliphatic carbocycles. The summed E-state index contributed by atoms with van der Waals surface area (Å²) in [5.41, 5.74) is -1.79. The number of nitrogens with zero attached hydrogens (tertiary/aromatic N) is 1. The second kappa shape index (κ2) is 6.79. The van der Waals surface area contributed by atoms with E-state index in [1.807, 2.05) is 14.1 Å². The second-order valence-electron chi connectivity index (χ2n) is 6.86. The van der Waals surface area contributed by atoms with Gasteiger partial charge in [-0.2, -0.15) is 13.2 Å². The maximum Gasteiger partial charge on any atom is 0.416 e. The van der Waals surface area contributed by atoms with Crippen LogP contribution in [0.5, 0.6) is 0 Å². The highest BCUT2D eigenvalue weighted by Crippen LogP contribution is 2.32. The molecule has 3 nitrogen and oxygen atoms in total. The molecular formula is C17H25F3N2O. The minimum absolute atomic E-state index is 0.235. The zero-order valence-corrected chi connectivity index (χ0v) is 13.8. The number of alkyl halides is 3. The van der Waals surface area contributed by atoms with Gasteiger partial charge in [0.2, 0.25) is 0 Å². The van der Waals surface area contributed by atoms with Crippen LogP contribution >= 0.6 is 0 Å². The Morgan fingerprint density at radius 2 is 1.87 bits per heavy atom. The van der Waals surface area contributed by atoms with Crippen LogP contribution in [-0.4, -0.2) is 42.7 Å². The molecule has 1 saturated carbocycles. The molecule has 0 radical (unpaired) electrons. The SMILES string of the molecule is CN(C)C1CCC(NCC(C)(O)c2cccc(C(F)(F)F)c2)C1. The lowest BCUT2D eigenvalue weighted by Crippen LogP contribution is -2.40. The topological polar surface area (TPSA) is 35.5 Å². The van der Waals surface area contributed by atoms with Crippen LogP contribution in [-0.2, 0) is 11.8 Å². The molecule has 1 aliphatic rings. The Bertz CT molecular complexity index is 529. The molecule has 2 N–H and O–H groups in total. The Morgan fingerprint density at radius 1 is 1.22 bits per heavy atom. The average Bonchev–Trinajstić information content (AvgIpc) is 2.94. The molecule has 0 aromatic heterocycles. The lowest BCUT2D eigenvalue weighted by Gasteiger charge is -2.27. The highest BCUT2D eigenvalue weighted by molar-refractivity contribution is 5.29. The largest absolute Gasteiger partial charge is 0.416 e. The van der Waals surface area contributed by atoms with Crippen LogP contribution in [0.2, 0.25) is 0 Å². The van der Waals surface area contributed by atoms with Crippen molar-refractivity contribution >= 4 is 0 Å². The number of hydrogen-bond donors (Lipinski definition) is 2. The molecule has 0 aliphatic heterocycles. The normalized spacial score (nSPS) is 24.9. The zero-order valence-electron chi connectivity index (χ0n) is 13.8. The van der Waals surface area contributed by atoms with E-state index in [1.165, 1.54) is 12.1 Å². The lowest BCUT2D eigenvalue weighted by atomic mass is 9.94. The predicted octanol–water partition coefficient (Wildman–Crippen LogP) is 2.99. The van der Waals surface area contributed by atoms with E-state index in [0.29, 0.717) is 12.1 Å². The molecule has 0 heterocycles. The smallest absolute Gasteiger partial charge is 0.384 e. The third kappa shape index (κ3) is 4.68. The molecule has 1 aromatic carbocycles. The molecule has 3 unspecified atom stereocenters. The van der Waals surface area contributed by atoms with Crippen molar-refractivity contribution in [2.45, 2.75) is 50.0 Å². The van der Waals surface area contributed by atoms with Gasteiger partial charge in [-0.05, 0) is 58.0 Å². The van der Waals surface area contributed by atoms with E-state index in [1.54, 1.807) is 6.92 Å². The van der Waals surface area contributed by atoms with Crippen molar-refractivity contribution in [2.75, 3.05) is 20.6 Å². The Morgan fingerprint density at radius 3 is 2.43 bits per heavy atom. The van der Waals surface area contributed by atoms with E-state index in [0.717, 1.165) is 31.4 Å². The molecule has 23 heavy (non-hydrogen) atoms. The van der Waals surface area contributed by atoms with E-state index in [2.05, 4.69) is 10.2 Å². The Balaban J connectivity index is 1.99. The molecule has 2 rings (SSSR count). The van der Waals surface area contributed by atoms with Gasteiger partial charge < -0.3 is 15.3 Å². The van der Waals surface area contributed by atoms with E-state index < -0.39 is 17.3 Å². The van der Waals surface area contributed by atoms with Crippen molar-refractivity contribution in [1.82, 2.24) is 10.2 Å². The van der Waals surface area contributed by atoms with Crippen molar-refractivity contribution in [1.29, 1.82) is 0 Å². The van der Waals surface area contributed by atoms with Crippen LogP contribution in [0.25, 0.3) is 0 Å². The summed E-state index contributed by atoms with van der Waals surface area (Å²) in [6, 6.07) is 5.73. The Kier molecular flexibility index (Phi) is 5.38. The van der Waals surface area contributed by atoms with Crippen molar-refractivity contribution < 1.29 is 18.3 Å². The Hall–Kier alpha value is -1.11. The molecule has 0 bridgehead atoms. The van der Waals surface area contributed by atoms with E-state index in [-0.39, 0.29) is 12.1 Å². The summed E-state index contributed by atoms with van der Waals surface area (Å²) in [6.45, 7) is 1.78. The summed E-state index contributed by atoms with van der Waals surface area (Å²) >= 11 is 0. The quantitative estimate of drug-likeness (QED) is 0.871. The number of hydrogen-bond acceptors (Lipinski definition) is 3.